The zero-order valence-corrected chi connectivity index (χ0v) is 13.0. The van der Waals surface area contributed by atoms with Crippen molar-refractivity contribution in [1.82, 2.24) is 24.4 Å². The zero-order chi connectivity index (χ0) is 15.6. The summed E-state index contributed by atoms with van der Waals surface area (Å²) in [5.41, 5.74) is 0. The molecular weight excluding hydrogens is 292 g/mol. The molecule has 0 saturated carbocycles. The Morgan fingerprint density at radius 1 is 1.00 bits per heavy atom. The van der Waals surface area contributed by atoms with Crippen molar-refractivity contribution in [2.45, 2.75) is 19.4 Å². The first-order chi connectivity index (χ1) is 11.3. The van der Waals surface area contributed by atoms with Crippen LogP contribution < -0.4 is 4.90 Å². The molecule has 1 fully saturated rings. The Morgan fingerprint density at radius 3 is 2.57 bits per heavy atom. The Morgan fingerprint density at radius 2 is 1.78 bits per heavy atom. The van der Waals surface area contributed by atoms with E-state index in [0.717, 1.165) is 57.3 Å². The summed E-state index contributed by atoms with van der Waals surface area (Å²) in [7, 11) is 0. The molecule has 0 N–H and O–H groups in total. The number of hydrogen-bond donors (Lipinski definition) is 0. The Kier molecular flexibility index (Phi) is 3.69. The summed E-state index contributed by atoms with van der Waals surface area (Å²) in [5.74, 6) is 2.13. The molecule has 0 bridgehead atoms. The van der Waals surface area contributed by atoms with Crippen LogP contribution >= 0.6 is 0 Å². The molecule has 1 atom stereocenters. The van der Waals surface area contributed by atoms with Gasteiger partial charge in [0.15, 0.2) is 0 Å². The number of piperazine rings is 1. The van der Waals surface area contributed by atoms with Crippen molar-refractivity contribution < 1.29 is 4.79 Å². The third kappa shape index (κ3) is 2.78. The van der Waals surface area contributed by atoms with Crippen LogP contribution in [-0.4, -0.2) is 56.5 Å². The molecule has 0 spiro atoms. The minimum atomic E-state index is 0.0735. The maximum absolute atomic E-state index is 12.8. The maximum atomic E-state index is 12.8. The van der Waals surface area contributed by atoms with E-state index in [4.69, 9.17) is 0 Å². The smallest absolute Gasteiger partial charge is 0.226 e. The number of carbonyl (C=O) groups excluding carboxylic acids is 1. The maximum Gasteiger partial charge on any atom is 0.226 e. The molecule has 7 heteroatoms. The molecule has 2 aliphatic rings. The fourth-order valence-corrected chi connectivity index (χ4v) is 3.40. The largest absolute Gasteiger partial charge is 0.339 e. The highest BCUT2D eigenvalue weighted by Gasteiger charge is 2.31. The molecule has 0 radical (unpaired) electrons. The standard InChI is InChI=1S/C16H20N6O/c23-15(13-2-6-20-7-5-17-14(20)12-13)21-8-10-22(11-9-21)16-18-3-1-4-19-16/h1,3-5,7,13H,2,6,8-12H2. The van der Waals surface area contributed by atoms with E-state index >= 15 is 0 Å². The predicted molar refractivity (Wildman–Crippen MR) is 84.9 cm³/mol. The predicted octanol–water partition coefficient (Wildman–Crippen LogP) is 0.584. The molecule has 23 heavy (non-hydrogen) atoms. The molecular formula is C16H20N6O. The first kappa shape index (κ1) is 14.2. The van der Waals surface area contributed by atoms with E-state index in [9.17, 15) is 4.79 Å². The summed E-state index contributed by atoms with van der Waals surface area (Å²) in [6, 6.07) is 1.82. The molecule has 2 aromatic heterocycles. The average Bonchev–Trinajstić information content (AvgIpc) is 3.10. The van der Waals surface area contributed by atoms with Gasteiger partial charge in [0.05, 0.1) is 0 Å². The second-order valence-corrected chi connectivity index (χ2v) is 6.09. The molecule has 0 aromatic carbocycles. The van der Waals surface area contributed by atoms with Crippen molar-refractivity contribution in [1.29, 1.82) is 0 Å². The third-order valence-electron chi connectivity index (χ3n) is 4.72. The van der Waals surface area contributed by atoms with Gasteiger partial charge in [-0.15, -0.1) is 0 Å². The van der Waals surface area contributed by atoms with Gasteiger partial charge in [0.25, 0.3) is 0 Å². The Bertz CT molecular complexity index is 677. The summed E-state index contributed by atoms with van der Waals surface area (Å²) in [5, 5.41) is 0. The monoisotopic (exact) mass is 312 g/mol. The van der Waals surface area contributed by atoms with Gasteiger partial charge >= 0.3 is 0 Å². The summed E-state index contributed by atoms with van der Waals surface area (Å²) in [6.07, 6.45) is 8.99. The number of aryl methyl sites for hydroxylation is 1. The van der Waals surface area contributed by atoms with Crippen LogP contribution in [0.4, 0.5) is 5.95 Å². The van der Waals surface area contributed by atoms with Crippen molar-refractivity contribution in [3.63, 3.8) is 0 Å². The first-order valence-electron chi connectivity index (χ1n) is 8.12. The lowest BCUT2D eigenvalue weighted by Crippen LogP contribution is -2.51. The summed E-state index contributed by atoms with van der Waals surface area (Å²) in [6.45, 7) is 3.95. The van der Waals surface area contributed by atoms with Gasteiger partial charge < -0.3 is 14.4 Å². The number of rotatable bonds is 2. The zero-order valence-electron chi connectivity index (χ0n) is 13.0. The van der Waals surface area contributed by atoms with Gasteiger partial charge in [0, 0.05) is 69.8 Å². The van der Waals surface area contributed by atoms with Gasteiger partial charge in [-0.1, -0.05) is 0 Å². The number of nitrogens with zero attached hydrogens (tertiary/aromatic N) is 6. The van der Waals surface area contributed by atoms with Gasteiger partial charge in [-0.3, -0.25) is 4.79 Å². The minimum Gasteiger partial charge on any atom is -0.339 e. The first-order valence-corrected chi connectivity index (χ1v) is 8.12. The molecule has 4 heterocycles. The third-order valence-corrected chi connectivity index (χ3v) is 4.72. The van der Waals surface area contributed by atoms with Gasteiger partial charge in [-0.25, -0.2) is 15.0 Å². The molecule has 0 aliphatic carbocycles. The van der Waals surface area contributed by atoms with Crippen molar-refractivity contribution >= 4 is 11.9 Å². The molecule has 2 aliphatic heterocycles. The number of anilines is 1. The molecule has 1 saturated heterocycles. The van der Waals surface area contributed by atoms with Crippen LogP contribution in [-0.2, 0) is 17.8 Å². The van der Waals surface area contributed by atoms with Crippen LogP contribution in [0.3, 0.4) is 0 Å². The molecule has 4 rings (SSSR count). The summed E-state index contributed by atoms with van der Waals surface area (Å²) in [4.78, 5) is 29.8. The van der Waals surface area contributed by atoms with Crippen molar-refractivity contribution in [2.75, 3.05) is 31.1 Å². The van der Waals surface area contributed by atoms with Crippen molar-refractivity contribution in [2.24, 2.45) is 5.92 Å². The number of fused-ring (bicyclic) bond motifs is 1. The molecule has 7 nitrogen and oxygen atoms in total. The quantitative estimate of drug-likeness (QED) is 0.812. The van der Waals surface area contributed by atoms with Crippen LogP contribution in [0.2, 0.25) is 0 Å². The molecule has 1 amide bonds. The second-order valence-electron chi connectivity index (χ2n) is 6.09. The number of hydrogen-bond acceptors (Lipinski definition) is 5. The molecule has 120 valence electrons. The van der Waals surface area contributed by atoms with Crippen molar-refractivity contribution in [3.8, 4) is 0 Å². The lowest BCUT2D eigenvalue weighted by Gasteiger charge is -2.37. The van der Waals surface area contributed by atoms with Gasteiger partial charge in [0.1, 0.15) is 5.82 Å². The second kappa shape index (κ2) is 5.98. The fraction of sp³-hybridized carbons (Fsp3) is 0.500. The van der Waals surface area contributed by atoms with Crippen LogP contribution in [0, 0.1) is 5.92 Å². The minimum absolute atomic E-state index is 0.0735. The SMILES string of the molecule is O=C(C1CCn2ccnc2C1)N1CCN(c2ncccn2)CC1. The van der Waals surface area contributed by atoms with Crippen LogP contribution in [0.1, 0.15) is 12.2 Å². The number of aromatic nitrogens is 4. The van der Waals surface area contributed by atoms with Gasteiger partial charge in [0.2, 0.25) is 11.9 Å². The molecule has 2 aromatic rings. The fourth-order valence-electron chi connectivity index (χ4n) is 3.40. The highest BCUT2D eigenvalue weighted by atomic mass is 16.2. The van der Waals surface area contributed by atoms with E-state index in [2.05, 4.69) is 24.4 Å². The number of carbonyl (C=O) groups is 1. The number of imidazole rings is 1. The van der Waals surface area contributed by atoms with Crippen LogP contribution in [0.15, 0.2) is 30.9 Å². The average molecular weight is 312 g/mol. The van der Waals surface area contributed by atoms with E-state index in [1.54, 1.807) is 12.4 Å². The summed E-state index contributed by atoms with van der Waals surface area (Å²) < 4.78 is 2.15. The highest BCUT2D eigenvalue weighted by Crippen LogP contribution is 2.22. The van der Waals surface area contributed by atoms with Crippen molar-refractivity contribution in [3.05, 3.63) is 36.7 Å². The lowest BCUT2D eigenvalue weighted by molar-refractivity contribution is -0.136. The van der Waals surface area contributed by atoms with E-state index in [-0.39, 0.29) is 11.8 Å². The van der Waals surface area contributed by atoms with E-state index in [0.29, 0.717) is 0 Å². The Labute approximate surface area is 135 Å². The van der Waals surface area contributed by atoms with Gasteiger partial charge in [-0.2, -0.15) is 0 Å². The topological polar surface area (TPSA) is 67.2 Å². The highest BCUT2D eigenvalue weighted by molar-refractivity contribution is 5.79. The van der Waals surface area contributed by atoms with Crippen LogP contribution in [0.5, 0.6) is 0 Å². The normalized spacial score (nSPS) is 21.1. The summed E-state index contributed by atoms with van der Waals surface area (Å²) >= 11 is 0. The lowest BCUT2D eigenvalue weighted by atomic mass is 9.96. The molecule has 1 unspecified atom stereocenters. The number of amides is 1. The van der Waals surface area contributed by atoms with Crippen LogP contribution in [0.25, 0.3) is 0 Å². The Hall–Kier alpha value is -2.44. The van der Waals surface area contributed by atoms with Gasteiger partial charge in [-0.05, 0) is 12.5 Å². The van der Waals surface area contributed by atoms with E-state index in [1.165, 1.54) is 0 Å². The van der Waals surface area contributed by atoms with E-state index in [1.807, 2.05) is 23.4 Å². The Balaban J connectivity index is 1.36. The van der Waals surface area contributed by atoms with E-state index < -0.39 is 0 Å².